The third-order valence-corrected chi connectivity index (χ3v) is 3.88. The van der Waals surface area contributed by atoms with Crippen molar-refractivity contribution in [2.75, 3.05) is 7.11 Å². The molecule has 0 spiro atoms. The van der Waals surface area contributed by atoms with Gasteiger partial charge in [0, 0.05) is 17.0 Å². The van der Waals surface area contributed by atoms with Crippen LogP contribution >= 0.6 is 0 Å². The Kier molecular flexibility index (Phi) is 3.20. The van der Waals surface area contributed by atoms with Crippen molar-refractivity contribution in [1.82, 2.24) is 0 Å². The molecule has 3 heteroatoms. The molecule has 1 saturated carbocycles. The van der Waals surface area contributed by atoms with Crippen LogP contribution in [0.4, 0.5) is 0 Å². The largest absolute Gasteiger partial charge is 0.497 e. The molecule has 0 aromatic heterocycles. The van der Waals surface area contributed by atoms with Gasteiger partial charge in [-0.3, -0.25) is 4.79 Å². The Balaban J connectivity index is 2.30. The van der Waals surface area contributed by atoms with E-state index in [2.05, 4.69) is 0 Å². The number of rotatable bonds is 3. The minimum atomic E-state index is -0.410. The lowest BCUT2D eigenvalue weighted by Gasteiger charge is -2.27. The number of carbonyl (C=O) groups excluding carboxylic acids is 1. The third-order valence-electron chi connectivity index (χ3n) is 3.88. The van der Waals surface area contributed by atoms with E-state index in [1.807, 2.05) is 25.1 Å². The van der Waals surface area contributed by atoms with E-state index < -0.39 is 5.41 Å². The van der Waals surface area contributed by atoms with Crippen LogP contribution in [0.1, 0.15) is 36.5 Å². The van der Waals surface area contributed by atoms with Crippen LogP contribution in [0.3, 0.4) is 0 Å². The van der Waals surface area contributed by atoms with Gasteiger partial charge in [0.05, 0.1) is 7.11 Å². The molecule has 1 aliphatic carbocycles. The van der Waals surface area contributed by atoms with Crippen molar-refractivity contribution in [1.29, 1.82) is 0 Å². The van der Waals surface area contributed by atoms with Crippen molar-refractivity contribution < 1.29 is 9.53 Å². The van der Waals surface area contributed by atoms with E-state index in [0.717, 1.165) is 19.3 Å². The van der Waals surface area contributed by atoms with E-state index in [0.29, 0.717) is 11.3 Å². The summed E-state index contributed by atoms with van der Waals surface area (Å²) in [7, 11) is 1.60. The number of carbonyl (C=O) groups is 1. The number of methoxy groups -OCH3 is 1. The second-order valence-electron chi connectivity index (χ2n) is 4.98. The van der Waals surface area contributed by atoms with Crippen molar-refractivity contribution in [3.05, 3.63) is 29.8 Å². The zero-order valence-corrected chi connectivity index (χ0v) is 10.4. The minimum absolute atomic E-state index is 0.0267. The number of benzene rings is 1. The van der Waals surface area contributed by atoms with E-state index in [-0.39, 0.29) is 11.8 Å². The molecule has 1 aliphatic rings. The van der Waals surface area contributed by atoms with Gasteiger partial charge in [0.1, 0.15) is 5.75 Å². The Bertz CT molecular complexity index is 430. The average molecular weight is 233 g/mol. The normalized spacial score (nSPS) is 28.1. The third kappa shape index (κ3) is 2.07. The molecule has 0 amide bonds. The van der Waals surface area contributed by atoms with Gasteiger partial charge in [-0.05, 0) is 25.0 Å². The highest BCUT2D eigenvalue weighted by Gasteiger charge is 2.43. The number of hydrogen-bond donors (Lipinski definition) is 1. The molecule has 2 unspecified atom stereocenters. The van der Waals surface area contributed by atoms with Gasteiger partial charge in [0.25, 0.3) is 0 Å². The lowest BCUT2D eigenvalue weighted by Crippen LogP contribution is -2.41. The standard InChI is InChI=1S/C14H19NO2/c1-14(8-4-7-12(14)15)13(16)10-5-3-6-11(9-10)17-2/h3,5-6,9,12H,4,7-8,15H2,1-2H3. The minimum Gasteiger partial charge on any atom is -0.497 e. The Hall–Kier alpha value is -1.35. The fourth-order valence-corrected chi connectivity index (χ4v) is 2.57. The van der Waals surface area contributed by atoms with Gasteiger partial charge >= 0.3 is 0 Å². The van der Waals surface area contributed by atoms with E-state index in [9.17, 15) is 4.79 Å². The molecule has 0 heterocycles. The number of Topliss-reactive ketones (excluding diaryl/α,β-unsaturated/α-hetero) is 1. The molecule has 1 fully saturated rings. The lowest BCUT2D eigenvalue weighted by atomic mass is 9.78. The van der Waals surface area contributed by atoms with Gasteiger partial charge in [-0.1, -0.05) is 25.5 Å². The van der Waals surface area contributed by atoms with Gasteiger partial charge < -0.3 is 10.5 Å². The van der Waals surface area contributed by atoms with Crippen LogP contribution in [-0.2, 0) is 0 Å². The summed E-state index contributed by atoms with van der Waals surface area (Å²) in [6.07, 6.45) is 2.85. The number of nitrogens with two attached hydrogens (primary N) is 1. The summed E-state index contributed by atoms with van der Waals surface area (Å²) in [5.74, 6) is 0.854. The number of ketones is 1. The van der Waals surface area contributed by atoms with Crippen LogP contribution in [0.25, 0.3) is 0 Å². The Labute approximate surface area is 102 Å². The topological polar surface area (TPSA) is 52.3 Å². The highest BCUT2D eigenvalue weighted by Crippen LogP contribution is 2.39. The summed E-state index contributed by atoms with van der Waals surface area (Å²) in [6, 6.07) is 7.28. The van der Waals surface area contributed by atoms with E-state index >= 15 is 0 Å². The maximum Gasteiger partial charge on any atom is 0.170 e. The second kappa shape index (κ2) is 4.49. The summed E-state index contributed by atoms with van der Waals surface area (Å²) in [5.41, 5.74) is 6.36. The summed E-state index contributed by atoms with van der Waals surface area (Å²) in [5, 5.41) is 0. The first-order chi connectivity index (χ1) is 8.08. The first kappa shape index (κ1) is 12.1. The van der Waals surface area contributed by atoms with Crippen molar-refractivity contribution in [3.8, 4) is 5.75 Å². The predicted molar refractivity (Wildman–Crippen MR) is 67.3 cm³/mol. The zero-order valence-electron chi connectivity index (χ0n) is 10.4. The zero-order chi connectivity index (χ0) is 12.5. The van der Waals surface area contributed by atoms with Crippen LogP contribution < -0.4 is 10.5 Å². The first-order valence-electron chi connectivity index (χ1n) is 6.02. The summed E-state index contributed by atoms with van der Waals surface area (Å²) in [4.78, 5) is 12.5. The fourth-order valence-electron chi connectivity index (χ4n) is 2.57. The van der Waals surface area contributed by atoms with E-state index in [1.165, 1.54) is 0 Å². The smallest absolute Gasteiger partial charge is 0.170 e. The molecule has 0 saturated heterocycles. The van der Waals surface area contributed by atoms with Crippen LogP contribution in [0.2, 0.25) is 0 Å². The highest BCUT2D eigenvalue weighted by atomic mass is 16.5. The molecular weight excluding hydrogens is 214 g/mol. The Morgan fingerprint density at radius 3 is 2.88 bits per heavy atom. The van der Waals surface area contributed by atoms with Gasteiger partial charge in [-0.2, -0.15) is 0 Å². The Morgan fingerprint density at radius 1 is 1.53 bits per heavy atom. The molecule has 17 heavy (non-hydrogen) atoms. The molecule has 2 rings (SSSR count). The van der Waals surface area contributed by atoms with Crippen LogP contribution in [-0.4, -0.2) is 18.9 Å². The maximum atomic E-state index is 12.5. The lowest BCUT2D eigenvalue weighted by molar-refractivity contribution is 0.0802. The van der Waals surface area contributed by atoms with Crippen molar-refractivity contribution in [3.63, 3.8) is 0 Å². The molecule has 92 valence electrons. The summed E-state index contributed by atoms with van der Waals surface area (Å²) in [6.45, 7) is 1.98. The molecule has 2 atom stereocenters. The predicted octanol–water partition coefficient (Wildman–Crippen LogP) is 2.40. The van der Waals surface area contributed by atoms with Crippen molar-refractivity contribution in [2.45, 2.75) is 32.2 Å². The molecule has 0 radical (unpaired) electrons. The molecule has 1 aromatic rings. The van der Waals surface area contributed by atoms with Crippen LogP contribution in [0, 0.1) is 5.41 Å². The first-order valence-corrected chi connectivity index (χ1v) is 6.02. The molecule has 3 nitrogen and oxygen atoms in total. The highest BCUT2D eigenvalue weighted by molar-refractivity contribution is 6.01. The molecule has 2 N–H and O–H groups in total. The molecule has 0 bridgehead atoms. The molecular formula is C14H19NO2. The number of hydrogen-bond acceptors (Lipinski definition) is 3. The van der Waals surface area contributed by atoms with Crippen LogP contribution in [0.15, 0.2) is 24.3 Å². The Morgan fingerprint density at radius 2 is 2.29 bits per heavy atom. The van der Waals surface area contributed by atoms with E-state index in [4.69, 9.17) is 10.5 Å². The summed E-state index contributed by atoms with van der Waals surface area (Å²) < 4.78 is 5.14. The van der Waals surface area contributed by atoms with Crippen molar-refractivity contribution in [2.24, 2.45) is 11.1 Å². The molecule has 0 aliphatic heterocycles. The van der Waals surface area contributed by atoms with Gasteiger partial charge in [0.15, 0.2) is 5.78 Å². The van der Waals surface area contributed by atoms with Crippen molar-refractivity contribution >= 4 is 5.78 Å². The van der Waals surface area contributed by atoms with E-state index in [1.54, 1.807) is 13.2 Å². The quantitative estimate of drug-likeness (QED) is 0.816. The van der Waals surface area contributed by atoms with Gasteiger partial charge in [0.2, 0.25) is 0 Å². The van der Waals surface area contributed by atoms with Crippen LogP contribution in [0.5, 0.6) is 5.75 Å². The SMILES string of the molecule is COc1cccc(C(=O)C2(C)CCCC2N)c1. The number of ether oxygens (including phenoxy) is 1. The second-order valence-corrected chi connectivity index (χ2v) is 4.98. The molecule has 1 aromatic carbocycles. The monoisotopic (exact) mass is 233 g/mol. The van der Waals surface area contributed by atoms with Gasteiger partial charge in [-0.15, -0.1) is 0 Å². The maximum absolute atomic E-state index is 12.5. The van der Waals surface area contributed by atoms with Gasteiger partial charge in [-0.25, -0.2) is 0 Å². The average Bonchev–Trinajstić information content (AvgIpc) is 2.70. The summed E-state index contributed by atoms with van der Waals surface area (Å²) >= 11 is 0. The fraction of sp³-hybridized carbons (Fsp3) is 0.500.